The van der Waals surface area contributed by atoms with Crippen molar-refractivity contribution in [3.8, 4) is 0 Å². The second kappa shape index (κ2) is 7.21. The van der Waals surface area contributed by atoms with Crippen LogP contribution in [0.1, 0.15) is 30.6 Å². The zero-order valence-electron chi connectivity index (χ0n) is 14.1. The van der Waals surface area contributed by atoms with E-state index in [1.54, 1.807) is 31.3 Å². The highest BCUT2D eigenvalue weighted by Gasteiger charge is 2.33. The summed E-state index contributed by atoms with van der Waals surface area (Å²) in [5.74, 6) is -0.220. The summed E-state index contributed by atoms with van der Waals surface area (Å²) < 4.78 is 23.2. The summed E-state index contributed by atoms with van der Waals surface area (Å²) in [5, 5.41) is 5.37. The molecule has 132 valence electrons. The van der Waals surface area contributed by atoms with Crippen LogP contribution in [0.15, 0.2) is 24.3 Å². The summed E-state index contributed by atoms with van der Waals surface area (Å²) in [4.78, 5) is 26.1. The first-order valence-corrected chi connectivity index (χ1v) is 9.66. The number of benzene rings is 1. The molecule has 1 aliphatic rings. The topological polar surface area (TPSA) is 95.6 Å². The van der Waals surface area contributed by atoms with Gasteiger partial charge < -0.3 is 15.5 Å². The van der Waals surface area contributed by atoms with Gasteiger partial charge in [-0.1, -0.05) is 12.1 Å². The minimum absolute atomic E-state index is 0.0152. The molecule has 0 aromatic heterocycles. The molecular formula is C16H23N3O4S. The highest BCUT2D eigenvalue weighted by Crippen LogP contribution is 2.22. The highest BCUT2D eigenvalue weighted by atomic mass is 32.2. The normalized spacial score (nSPS) is 19.1. The second-order valence-electron chi connectivity index (χ2n) is 6.27. The number of rotatable bonds is 4. The Kier molecular flexibility index (Phi) is 5.48. The Balaban J connectivity index is 2.16. The minimum Gasteiger partial charge on any atom is -0.338 e. The maximum absolute atomic E-state index is 12.7. The van der Waals surface area contributed by atoms with Crippen molar-refractivity contribution in [2.45, 2.75) is 32.4 Å². The molecule has 0 bridgehead atoms. The van der Waals surface area contributed by atoms with Gasteiger partial charge in [0.1, 0.15) is 0 Å². The fourth-order valence-corrected chi connectivity index (χ4v) is 4.41. The van der Waals surface area contributed by atoms with Gasteiger partial charge in [-0.05, 0) is 32.4 Å². The van der Waals surface area contributed by atoms with Crippen LogP contribution in [0.3, 0.4) is 0 Å². The molecule has 1 heterocycles. The third-order valence-electron chi connectivity index (χ3n) is 3.90. The lowest BCUT2D eigenvalue weighted by atomic mass is 10.1. The van der Waals surface area contributed by atoms with E-state index in [4.69, 9.17) is 0 Å². The summed E-state index contributed by atoms with van der Waals surface area (Å²) in [6.07, 6.45) is 0.438. The standard InChI is InChI=1S/C16H23N3O4S/c1-11(2)17-16(21)18-14-7-5-4-6-13(14)15(20)19(3)12-8-9-24(22,23)10-12/h4-7,11-12H,8-10H2,1-3H3,(H2,17,18,21). The van der Waals surface area contributed by atoms with Gasteiger partial charge in [0.15, 0.2) is 9.84 Å². The molecule has 0 aliphatic carbocycles. The van der Waals surface area contributed by atoms with Gasteiger partial charge in [-0.15, -0.1) is 0 Å². The number of nitrogens with one attached hydrogen (secondary N) is 2. The van der Waals surface area contributed by atoms with E-state index >= 15 is 0 Å². The maximum atomic E-state index is 12.7. The molecule has 1 aromatic rings. The summed E-state index contributed by atoms with van der Waals surface area (Å²) in [6.45, 7) is 3.68. The Morgan fingerprint density at radius 2 is 1.92 bits per heavy atom. The predicted molar refractivity (Wildman–Crippen MR) is 92.9 cm³/mol. The fraction of sp³-hybridized carbons (Fsp3) is 0.500. The molecule has 2 rings (SSSR count). The molecule has 1 unspecified atom stereocenters. The van der Waals surface area contributed by atoms with Gasteiger partial charge in [0, 0.05) is 19.1 Å². The molecule has 2 N–H and O–H groups in total. The number of hydrogen-bond donors (Lipinski definition) is 2. The second-order valence-corrected chi connectivity index (χ2v) is 8.50. The zero-order chi connectivity index (χ0) is 17.9. The largest absolute Gasteiger partial charge is 0.338 e. The number of carbonyl (C=O) groups excluding carboxylic acids is 2. The Bertz CT molecular complexity index is 731. The van der Waals surface area contributed by atoms with E-state index in [-0.39, 0.29) is 29.5 Å². The van der Waals surface area contributed by atoms with Crippen molar-refractivity contribution in [2.75, 3.05) is 23.9 Å². The molecule has 0 saturated carbocycles. The summed E-state index contributed by atoms with van der Waals surface area (Å²) in [6, 6.07) is 5.94. The van der Waals surface area contributed by atoms with E-state index in [0.717, 1.165) is 0 Å². The zero-order valence-corrected chi connectivity index (χ0v) is 14.9. The van der Waals surface area contributed by atoms with E-state index < -0.39 is 15.9 Å². The first-order valence-electron chi connectivity index (χ1n) is 7.84. The molecule has 0 radical (unpaired) electrons. The van der Waals surface area contributed by atoms with Gasteiger partial charge in [-0.2, -0.15) is 0 Å². The van der Waals surface area contributed by atoms with Crippen molar-refractivity contribution in [3.05, 3.63) is 29.8 Å². The fourth-order valence-electron chi connectivity index (χ4n) is 2.64. The summed E-state index contributed by atoms with van der Waals surface area (Å²) in [7, 11) is -1.48. The first kappa shape index (κ1) is 18.3. The van der Waals surface area contributed by atoms with Gasteiger partial charge >= 0.3 is 6.03 Å². The van der Waals surface area contributed by atoms with Crippen LogP contribution in [0, 0.1) is 0 Å². The number of amides is 3. The molecule has 3 amide bonds. The van der Waals surface area contributed by atoms with Crippen LogP contribution < -0.4 is 10.6 Å². The van der Waals surface area contributed by atoms with E-state index in [2.05, 4.69) is 10.6 Å². The van der Waals surface area contributed by atoms with Crippen LogP contribution in [0.4, 0.5) is 10.5 Å². The molecule has 1 fully saturated rings. The molecular weight excluding hydrogens is 330 g/mol. The Morgan fingerprint density at radius 1 is 1.25 bits per heavy atom. The Morgan fingerprint density at radius 3 is 2.50 bits per heavy atom. The van der Waals surface area contributed by atoms with Crippen LogP contribution in [0.2, 0.25) is 0 Å². The molecule has 1 saturated heterocycles. The third kappa shape index (κ3) is 4.47. The van der Waals surface area contributed by atoms with Crippen LogP contribution in [0.25, 0.3) is 0 Å². The van der Waals surface area contributed by atoms with Gasteiger partial charge in [-0.3, -0.25) is 4.79 Å². The number of carbonyl (C=O) groups is 2. The number of nitrogens with zero attached hydrogens (tertiary/aromatic N) is 1. The van der Waals surface area contributed by atoms with Crippen molar-refractivity contribution >= 4 is 27.5 Å². The van der Waals surface area contributed by atoms with Gasteiger partial charge in [0.05, 0.1) is 22.8 Å². The Labute approximate surface area is 142 Å². The number of urea groups is 1. The van der Waals surface area contributed by atoms with Crippen LogP contribution in [-0.4, -0.2) is 55.9 Å². The van der Waals surface area contributed by atoms with Crippen LogP contribution >= 0.6 is 0 Å². The van der Waals surface area contributed by atoms with E-state index in [9.17, 15) is 18.0 Å². The summed E-state index contributed by atoms with van der Waals surface area (Å²) >= 11 is 0. The number of para-hydroxylation sites is 1. The summed E-state index contributed by atoms with van der Waals surface area (Å²) in [5.41, 5.74) is 0.733. The monoisotopic (exact) mass is 353 g/mol. The molecule has 1 aromatic carbocycles. The average Bonchev–Trinajstić information content (AvgIpc) is 2.85. The molecule has 1 atom stereocenters. The number of hydrogen-bond acceptors (Lipinski definition) is 4. The maximum Gasteiger partial charge on any atom is 0.319 e. The molecule has 7 nitrogen and oxygen atoms in total. The third-order valence-corrected chi connectivity index (χ3v) is 5.65. The van der Waals surface area contributed by atoms with Gasteiger partial charge in [0.2, 0.25) is 0 Å². The number of anilines is 1. The van der Waals surface area contributed by atoms with Crippen molar-refractivity contribution in [3.63, 3.8) is 0 Å². The number of sulfone groups is 1. The molecule has 24 heavy (non-hydrogen) atoms. The average molecular weight is 353 g/mol. The molecule has 8 heteroatoms. The quantitative estimate of drug-likeness (QED) is 0.857. The van der Waals surface area contributed by atoms with Crippen LogP contribution in [-0.2, 0) is 9.84 Å². The van der Waals surface area contributed by atoms with Crippen molar-refractivity contribution in [1.82, 2.24) is 10.2 Å². The van der Waals surface area contributed by atoms with E-state index in [1.165, 1.54) is 4.90 Å². The molecule has 1 aliphatic heterocycles. The van der Waals surface area contributed by atoms with E-state index in [1.807, 2.05) is 13.8 Å². The van der Waals surface area contributed by atoms with E-state index in [0.29, 0.717) is 17.7 Å². The molecule has 0 spiro atoms. The SMILES string of the molecule is CC(C)NC(=O)Nc1ccccc1C(=O)N(C)C1CCS(=O)(=O)C1. The van der Waals surface area contributed by atoms with Crippen molar-refractivity contribution in [1.29, 1.82) is 0 Å². The smallest absolute Gasteiger partial charge is 0.319 e. The lowest BCUT2D eigenvalue weighted by Gasteiger charge is -2.24. The first-order chi connectivity index (χ1) is 11.2. The van der Waals surface area contributed by atoms with Gasteiger partial charge in [0.25, 0.3) is 5.91 Å². The minimum atomic E-state index is -3.07. The lowest BCUT2D eigenvalue weighted by molar-refractivity contribution is 0.0748. The predicted octanol–water partition coefficient (Wildman–Crippen LogP) is 1.48. The van der Waals surface area contributed by atoms with Crippen molar-refractivity contribution in [2.24, 2.45) is 0 Å². The van der Waals surface area contributed by atoms with Crippen molar-refractivity contribution < 1.29 is 18.0 Å². The lowest BCUT2D eigenvalue weighted by Crippen LogP contribution is -2.39. The highest BCUT2D eigenvalue weighted by molar-refractivity contribution is 7.91. The Hall–Kier alpha value is -2.09. The van der Waals surface area contributed by atoms with Gasteiger partial charge in [-0.25, -0.2) is 13.2 Å². The van der Waals surface area contributed by atoms with Crippen LogP contribution in [0.5, 0.6) is 0 Å².